The topological polar surface area (TPSA) is 102 Å². The van der Waals surface area contributed by atoms with Crippen LogP contribution in [0.25, 0.3) is 0 Å². The molecule has 16 heavy (non-hydrogen) atoms. The summed E-state index contributed by atoms with van der Waals surface area (Å²) in [6.07, 6.45) is -0.623. The van der Waals surface area contributed by atoms with E-state index in [1.54, 1.807) is 0 Å². The first-order chi connectivity index (χ1) is 7.58. The largest absolute Gasteiger partial charge is 0.508 e. The number of aromatic hydroxyl groups is 1. The van der Waals surface area contributed by atoms with Gasteiger partial charge in [0.25, 0.3) is 5.69 Å². The van der Waals surface area contributed by atoms with Crippen LogP contribution in [-0.4, -0.2) is 22.7 Å². The number of hydrogen-bond acceptors (Lipinski definition) is 5. The lowest BCUT2D eigenvalue weighted by atomic mass is 10.1. The van der Waals surface area contributed by atoms with E-state index in [0.717, 1.165) is 0 Å². The molecule has 1 aromatic carbocycles. The Balaban J connectivity index is 2.41. The van der Waals surface area contributed by atoms with Crippen LogP contribution in [0.3, 0.4) is 0 Å². The number of nitrogens with zero attached hydrogens (tertiary/aromatic N) is 1. The van der Waals surface area contributed by atoms with Gasteiger partial charge in [0.2, 0.25) is 0 Å². The minimum atomic E-state index is -0.623. The van der Waals surface area contributed by atoms with Crippen molar-refractivity contribution in [1.29, 1.82) is 0 Å². The first kappa shape index (κ1) is 10.2. The molecule has 0 spiro atoms. The van der Waals surface area contributed by atoms with Gasteiger partial charge in [-0.05, 0) is 12.1 Å². The molecule has 2 N–H and O–H groups in total. The quantitative estimate of drug-likeness (QED) is 0.578. The molecule has 7 nitrogen and oxygen atoms in total. The van der Waals surface area contributed by atoms with Gasteiger partial charge in [0.05, 0.1) is 16.5 Å². The third kappa shape index (κ3) is 1.74. The van der Waals surface area contributed by atoms with Crippen molar-refractivity contribution in [1.82, 2.24) is 5.32 Å². The van der Waals surface area contributed by atoms with Gasteiger partial charge < -0.3 is 15.2 Å². The molecule has 0 aliphatic carbocycles. The summed E-state index contributed by atoms with van der Waals surface area (Å²) in [5.74, 6) is -0.0956. The van der Waals surface area contributed by atoms with Crippen LogP contribution in [0.5, 0.6) is 5.75 Å². The van der Waals surface area contributed by atoms with Crippen molar-refractivity contribution >= 4 is 11.8 Å². The number of nitro groups is 1. The molecule has 2 rings (SSSR count). The molecule has 84 valence electrons. The van der Waals surface area contributed by atoms with E-state index in [9.17, 15) is 20.0 Å². The smallest absolute Gasteiger partial charge is 0.407 e. The van der Waals surface area contributed by atoms with Crippen LogP contribution in [0.2, 0.25) is 0 Å². The van der Waals surface area contributed by atoms with E-state index in [-0.39, 0.29) is 23.6 Å². The highest BCUT2D eigenvalue weighted by molar-refractivity contribution is 5.70. The Morgan fingerprint density at radius 1 is 1.56 bits per heavy atom. The Bertz CT molecular complexity index is 459. The van der Waals surface area contributed by atoms with E-state index >= 15 is 0 Å². The molecule has 1 aliphatic heterocycles. The fraction of sp³-hybridized carbons (Fsp3) is 0.222. The summed E-state index contributed by atoms with van der Waals surface area (Å²) in [5.41, 5.74) is 0.0736. The Hall–Kier alpha value is -2.31. The van der Waals surface area contributed by atoms with Gasteiger partial charge in [0.1, 0.15) is 12.4 Å². The zero-order valence-corrected chi connectivity index (χ0v) is 8.04. The third-order valence-electron chi connectivity index (χ3n) is 2.26. The van der Waals surface area contributed by atoms with Crippen molar-refractivity contribution in [2.24, 2.45) is 0 Å². The Morgan fingerprint density at radius 2 is 2.31 bits per heavy atom. The predicted molar refractivity (Wildman–Crippen MR) is 52.0 cm³/mol. The molecular formula is C9H8N2O5. The van der Waals surface area contributed by atoms with Gasteiger partial charge in [-0.1, -0.05) is 0 Å². The standard InChI is InChI=1S/C9H8N2O5/c12-5-1-2-8(11(14)15)6(3-5)7-4-16-9(13)10-7/h1-3,7,12H,4H2,(H,10,13)/t7-/m1/s1. The fourth-order valence-corrected chi connectivity index (χ4v) is 1.54. The Morgan fingerprint density at radius 3 is 2.88 bits per heavy atom. The van der Waals surface area contributed by atoms with E-state index < -0.39 is 17.1 Å². The van der Waals surface area contributed by atoms with E-state index in [2.05, 4.69) is 10.1 Å². The van der Waals surface area contributed by atoms with Crippen LogP contribution >= 0.6 is 0 Å². The summed E-state index contributed by atoms with van der Waals surface area (Å²) in [6, 6.07) is 3.06. The number of amides is 1. The fourth-order valence-electron chi connectivity index (χ4n) is 1.54. The minimum absolute atomic E-state index is 0.0170. The van der Waals surface area contributed by atoms with Crippen molar-refractivity contribution in [3.05, 3.63) is 33.9 Å². The zero-order chi connectivity index (χ0) is 11.7. The molecule has 1 aliphatic rings. The lowest BCUT2D eigenvalue weighted by Crippen LogP contribution is -2.19. The molecule has 1 saturated heterocycles. The van der Waals surface area contributed by atoms with Crippen molar-refractivity contribution < 1.29 is 19.6 Å². The molecule has 1 aromatic rings. The maximum absolute atomic E-state index is 10.8. The summed E-state index contributed by atoms with van der Waals surface area (Å²) in [4.78, 5) is 21.0. The average Bonchev–Trinajstić information content (AvgIpc) is 2.64. The molecule has 0 radical (unpaired) electrons. The van der Waals surface area contributed by atoms with E-state index in [4.69, 9.17) is 0 Å². The van der Waals surface area contributed by atoms with Gasteiger partial charge in [-0.15, -0.1) is 0 Å². The number of carbonyl (C=O) groups excluding carboxylic acids is 1. The molecule has 1 atom stereocenters. The van der Waals surface area contributed by atoms with E-state index in [1.165, 1.54) is 18.2 Å². The number of ether oxygens (including phenoxy) is 1. The minimum Gasteiger partial charge on any atom is -0.508 e. The number of nitro benzene ring substituents is 1. The number of nitrogens with one attached hydrogen (secondary N) is 1. The van der Waals surface area contributed by atoms with Gasteiger partial charge in [0, 0.05) is 6.07 Å². The van der Waals surface area contributed by atoms with Crippen LogP contribution < -0.4 is 5.32 Å². The Labute approximate surface area is 89.8 Å². The molecule has 0 unspecified atom stereocenters. The van der Waals surface area contributed by atoms with Crippen LogP contribution in [0, 0.1) is 10.1 Å². The third-order valence-corrected chi connectivity index (χ3v) is 2.26. The molecule has 7 heteroatoms. The summed E-state index contributed by atoms with van der Waals surface area (Å²) < 4.78 is 4.64. The summed E-state index contributed by atoms with van der Waals surface area (Å²) in [6.45, 7) is 0.0170. The second-order valence-corrected chi connectivity index (χ2v) is 3.30. The van der Waals surface area contributed by atoms with Crippen LogP contribution in [0.4, 0.5) is 10.5 Å². The first-order valence-corrected chi connectivity index (χ1v) is 4.48. The maximum atomic E-state index is 10.8. The van der Waals surface area contributed by atoms with Crippen molar-refractivity contribution in [3.8, 4) is 5.75 Å². The summed E-state index contributed by atoms with van der Waals surface area (Å²) in [5, 5.41) is 22.4. The van der Waals surface area contributed by atoms with Crippen molar-refractivity contribution in [2.45, 2.75) is 6.04 Å². The lowest BCUT2D eigenvalue weighted by Gasteiger charge is -2.08. The highest BCUT2D eigenvalue weighted by atomic mass is 16.6. The number of cyclic esters (lactones) is 1. The maximum Gasteiger partial charge on any atom is 0.407 e. The highest BCUT2D eigenvalue weighted by Gasteiger charge is 2.29. The predicted octanol–water partition coefficient (Wildman–Crippen LogP) is 1.08. The van der Waals surface area contributed by atoms with Gasteiger partial charge in [-0.25, -0.2) is 4.79 Å². The number of carbonyl (C=O) groups is 1. The van der Waals surface area contributed by atoms with Gasteiger partial charge in [-0.2, -0.15) is 0 Å². The van der Waals surface area contributed by atoms with Crippen molar-refractivity contribution in [3.63, 3.8) is 0 Å². The highest BCUT2D eigenvalue weighted by Crippen LogP contribution is 2.30. The number of phenols is 1. The van der Waals surface area contributed by atoms with Crippen LogP contribution in [0.15, 0.2) is 18.2 Å². The summed E-state index contributed by atoms with van der Waals surface area (Å²) in [7, 11) is 0. The van der Waals surface area contributed by atoms with E-state index in [0.29, 0.717) is 0 Å². The number of phenolic OH excluding ortho intramolecular Hbond substituents is 1. The van der Waals surface area contributed by atoms with Gasteiger partial charge in [-0.3, -0.25) is 10.1 Å². The summed E-state index contributed by atoms with van der Waals surface area (Å²) >= 11 is 0. The molecule has 0 saturated carbocycles. The molecule has 1 heterocycles. The van der Waals surface area contributed by atoms with Crippen LogP contribution in [0.1, 0.15) is 11.6 Å². The lowest BCUT2D eigenvalue weighted by molar-refractivity contribution is -0.385. The van der Waals surface area contributed by atoms with Gasteiger partial charge in [0.15, 0.2) is 0 Å². The molecule has 1 amide bonds. The number of alkyl carbamates (subject to hydrolysis) is 1. The second-order valence-electron chi connectivity index (χ2n) is 3.30. The number of rotatable bonds is 2. The molecule has 0 aromatic heterocycles. The molecular weight excluding hydrogens is 216 g/mol. The normalized spacial score (nSPS) is 19.0. The molecule has 1 fully saturated rings. The second kappa shape index (κ2) is 3.69. The van der Waals surface area contributed by atoms with E-state index in [1.807, 2.05) is 0 Å². The first-order valence-electron chi connectivity index (χ1n) is 4.48. The van der Waals surface area contributed by atoms with Gasteiger partial charge >= 0.3 is 6.09 Å². The Kier molecular flexibility index (Phi) is 2.35. The monoisotopic (exact) mass is 224 g/mol. The average molecular weight is 224 g/mol. The van der Waals surface area contributed by atoms with Crippen molar-refractivity contribution in [2.75, 3.05) is 6.61 Å². The van der Waals surface area contributed by atoms with Crippen LogP contribution in [-0.2, 0) is 4.74 Å². The SMILES string of the molecule is O=C1N[C@@H](c2cc(O)ccc2[N+](=O)[O-])CO1. The zero-order valence-electron chi connectivity index (χ0n) is 8.04. The number of benzene rings is 1. The number of hydrogen-bond donors (Lipinski definition) is 2. The molecule has 0 bridgehead atoms.